The first-order valence-corrected chi connectivity index (χ1v) is 8.64. The molecule has 0 aromatic heterocycles. The third kappa shape index (κ3) is 17.2. The predicted molar refractivity (Wildman–Crippen MR) is 87.1 cm³/mol. The summed E-state index contributed by atoms with van der Waals surface area (Å²) in [7, 11) is 0. The van der Waals surface area contributed by atoms with Crippen LogP contribution in [0.3, 0.4) is 0 Å². The molecule has 118 valence electrons. The number of carboxylic acids is 1. The number of unbranched alkanes of at least 4 members (excludes halogenated alkanes) is 11. The molecule has 0 saturated heterocycles. The number of carbonyl (C=O) groups is 1. The molecule has 0 rings (SSSR count). The van der Waals surface area contributed by atoms with Gasteiger partial charge in [-0.1, -0.05) is 70.4 Å². The van der Waals surface area contributed by atoms with E-state index in [0.717, 1.165) is 19.3 Å². The highest BCUT2D eigenvalue weighted by Gasteiger charge is 1.94. The second kappa shape index (κ2) is 16.3. The fourth-order valence-electron chi connectivity index (χ4n) is 2.35. The Morgan fingerprint density at radius 2 is 1.20 bits per heavy atom. The highest BCUT2D eigenvalue weighted by molar-refractivity contribution is 5.66. The Morgan fingerprint density at radius 1 is 0.750 bits per heavy atom. The summed E-state index contributed by atoms with van der Waals surface area (Å²) >= 11 is 0. The standard InChI is InChI=1S/C18H34O2/c1-2-3-4-5-6-7-8-9-10-11-12-13-14-15-16-17-18(19)20/h12-13H,2-11,14-17H2,1H3,(H,19,20)/b13-12-/i18+2. The minimum absolute atomic E-state index is 0.312. The zero-order chi connectivity index (χ0) is 14.9. The highest BCUT2D eigenvalue weighted by Crippen LogP contribution is 2.11. The number of carboxylic acid groups (broad SMARTS) is 1. The van der Waals surface area contributed by atoms with Gasteiger partial charge < -0.3 is 5.11 Å². The van der Waals surface area contributed by atoms with E-state index in [4.69, 9.17) is 5.11 Å². The van der Waals surface area contributed by atoms with Gasteiger partial charge in [-0.2, -0.15) is 0 Å². The van der Waals surface area contributed by atoms with Crippen LogP contribution in [0.1, 0.15) is 96.8 Å². The lowest BCUT2D eigenvalue weighted by molar-refractivity contribution is -0.137. The number of rotatable bonds is 15. The number of hydrogen-bond acceptors (Lipinski definition) is 1. The van der Waals surface area contributed by atoms with Crippen LogP contribution in [0, 0.1) is 0 Å². The first-order valence-electron chi connectivity index (χ1n) is 8.64. The molecular formula is C18H34O2. The fraction of sp³-hybridized carbons (Fsp3) is 0.833. The van der Waals surface area contributed by atoms with Gasteiger partial charge in [-0.15, -0.1) is 0 Å². The van der Waals surface area contributed by atoms with Crippen molar-refractivity contribution in [1.29, 1.82) is 0 Å². The maximum Gasteiger partial charge on any atom is 0.303 e. The third-order valence-corrected chi connectivity index (χ3v) is 3.65. The van der Waals surface area contributed by atoms with E-state index in [1.54, 1.807) is 0 Å². The van der Waals surface area contributed by atoms with Crippen molar-refractivity contribution < 1.29 is 9.90 Å². The van der Waals surface area contributed by atoms with Crippen LogP contribution in [0.4, 0.5) is 0 Å². The molecule has 0 bridgehead atoms. The van der Waals surface area contributed by atoms with Crippen molar-refractivity contribution in [2.75, 3.05) is 0 Å². The van der Waals surface area contributed by atoms with E-state index in [0.29, 0.717) is 6.42 Å². The van der Waals surface area contributed by atoms with Crippen molar-refractivity contribution in [3.05, 3.63) is 12.2 Å². The van der Waals surface area contributed by atoms with Gasteiger partial charge in [-0.05, 0) is 32.1 Å². The van der Waals surface area contributed by atoms with Gasteiger partial charge in [0.25, 0.3) is 0 Å². The molecule has 2 heteroatoms. The zero-order valence-electron chi connectivity index (χ0n) is 13.4. The Balaban J connectivity index is 3.06. The highest BCUT2D eigenvalue weighted by atomic mass is 16.6. The molecule has 0 radical (unpaired) electrons. The van der Waals surface area contributed by atoms with E-state index in [1.165, 1.54) is 64.2 Å². The van der Waals surface area contributed by atoms with Gasteiger partial charge in [0.1, 0.15) is 0 Å². The van der Waals surface area contributed by atoms with Crippen LogP contribution in [0.5, 0.6) is 0 Å². The van der Waals surface area contributed by atoms with Crippen LogP contribution < -0.4 is 0 Å². The van der Waals surface area contributed by atoms with E-state index in [-0.39, 0.29) is 0 Å². The van der Waals surface area contributed by atoms with Gasteiger partial charge in [0.2, 0.25) is 0 Å². The van der Waals surface area contributed by atoms with Gasteiger partial charge in [0.15, 0.2) is 0 Å². The van der Waals surface area contributed by atoms with Gasteiger partial charge in [0, 0.05) is 6.42 Å². The topological polar surface area (TPSA) is 37.3 Å². The first-order chi connectivity index (χ1) is 9.77. The van der Waals surface area contributed by atoms with Crippen LogP contribution >= 0.6 is 0 Å². The summed E-state index contributed by atoms with van der Waals surface area (Å²) in [5, 5.41) is 8.50. The van der Waals surface area contributed by atoms with Crippen LogP contribution in [-0.2, 0) is 4.79 Å². The van der Waals surface area contributed by atoms with E-state index in [9.17, 15) is 4.79 Å². The molecule has 0 aliphatic rings. The average Bonchev–Trinajstić information content (AvgIpc) is 2.43. The summed E-state index contributed by atoms with van der Waals surface area (Å²) in [4.78, 5) is 10.3. The molecule has 0 fully saturated rings. The van der Waals surface area contributed by atoms with Gasteiger partial charge >= 0.3 is 5.97 Å². The monoisotopic (exact) mass is 284 g/mol. The Hall–Kier alpha value is -0.790. The zero-order valence-corrected chi connectivity index (χ0v) is 13.4. The second-order valence-corrected chi connectivity index (χ2v) is 5.73. The van der Waals surface area contributed by atoms with Crippen LogP contribution in [-0.4, -0.2) is 11.1 Å². The van der Waals surface area contributed by atoms with Crippen molar-refractivity contribution in [3.63, 3.8) is 0 Å². The molecule has 0 saturated carbocycles. The molecule has 1 N–H and O–H groups in total. The Bertz CT molecular complexity index is 234. The van der Waals surface area contributed by atoms with Crippen LogP contribution in [0.2, 0.25) is 0 Å². The molecule has 0 aromatic carbocycles. The number of aliphatic carboxylic acids is 1. The Kier molecular flexibility index (Phi) is 15.6. The third-order valence-electron chi connectivity index (χ3n) is 3.65. The molecule has 0 aromatic rings. The Morgan fingerprint density at radius 3 is 1.70 bits per heavy atom. The minimum Gasteiger partial charge on any atom is -0.481 e. The summed E-state index contributed by atoms with van der Waals surface area (Å²) in [6.45, 7) is 2.26. The summed E-state index contributed by atoms with van der Waals surface area (Å²) < 4.78 is 0. The SMILES string of the molecule is CCCCCCCCCCC/C=C\CCCC[14C](=O)O. The largest absolute Gasteiger partial charge is 0.481 e. The molecule has 0 amide bonds. The van der Waals surface area contributed by atoms with E-state index >= 15 is 0 Å². The lowest BCUT2D eigenvalue weighted by Gasteiger charge is -2.00. The van der Waals surface area contributed by atoms with Crippen LogP contribution in [0.25, 0.3) is 0 Å². The molecule has 0 aliphatic carbocycles. The quantitative estimate of drug-likeness (QED) is 0.291. The van der Waals surface area contributed by atoms with Crippen molar-refractivity contribution in [3.8, 4) is 0 Å². The summed E-state index contributed by atoms with van der Waals surface area (Å²) in [5.74, 6) is -0.677. The lowest BCUT2D eigenvalue weighted by Crippen LogP contribution is -1.92. The van der Waals surface area contributed by atoms with Crippen molar-refractivity contribution in [1.82, 2.24) is 0 Å². The van der Waals surface area contributed by atoms with E-state index < -0.39 is 5.97 Å². The van der Waals surface area contributed by atoms with E-state index in [2.05, 4.69) is 19.1 Å². The second-order valence-electron chi connectivity index (χ2n) is 5.73. The van der Waals surface area contributed by atoms with Gasteiger partial charge in [0.05, 0.1) is 0 Å². The first kappa shape index (κ1) is 19.2. The predicted octanol–water partition coefficient (Wildman–Crippen LogP) is 6.11. The molecule has 0 heterocycles. The number of allylic oxidation sites excluding steroid dienone is 2. The number of hydrogen-bond donors (Lipinski definition) is 1. The van der Waals surface area contributed by atoms with Gasteiger partial charge in [-0.3, -0.25) is 4.79 Å². The lowest BCUT2D eigenvalue weighted by atomic mass is 10.1. The average molecular weight is 284 g/mol. The summed E-state index contributed by atoms with van der Waals surface area (Å²) in [6, 6.07) is 0. The molecule has 0 unspecified atom stereocenters. The normalized spacial score (nSPS) is 11.2. The Labute approximate surface area is 125 Å². The van der Waals surface area contributed by atoms with Crippen molar-refractivity contribution in [2.45, 2.75) is 96.8 Å². The molecular weight excluding hydrogens is 250 g/mol. The summed E-state index contributed by atoms with van der Waals surface area (Å²) in [6.07, 6.45) is 21.3. The molecule has 0 atom stereocenters. The molecule has 0 aliphatic heterocycles. The minimum atomic E-state index is -0.677. The van der Waals surface area contributed by atoms with E-state index in [1.807, 2.05) is 0 Å². The summed E-state index contributed by atoms with van der Waals surface area (Å²) in [5.41, 5.74) is 0. The van der Waals surface area contributed by atoms with Crippen LogP contribution in [0.15, 0.2) is 12.2 Å². The molecule has 0 spiro atoms. The van der Waals surface area contributed by atoms with Gasteiger partial charge in [-0.25, -0.2) is 0 Å². The maximum atomic E-state index is 10.3. The molecule has 2 nitrogen and oxygen atoms in total. The molecule has 20 heavy (non-hydrogen) atoms. The van der Waals surface area contributed by atoms with Crippen molar-refractivity contribution >= 4 is 5.97 Å². The maximum absolute atomic E-state index is 10.3. The smallest absolute Gasteiger partial charge is 0.303 e. The van der Waals surface area contributed by atoms with Crippen molar-refractivity contribution in [2.24, 2.45) is 0 Å². The fourth-order valence-corrected chi connectivity index (χ4v) is 2.35.